The maximum atomic E-state index is 12.5. The SMILES string of the molecule is CCc1cc(C)c(C(=O)N[C@H]2CCO[C@@H]2c2cnn(C)c2)o1. The number of hydrogen-bond donors (Lipinski definition) is 1. The number of nitrogens with one attached hydrogen (secondary N) is 1. The van der Waals surface area contributed by atoms with Crippen LogP contribution in [0.3, 0.4) is 0 Å². The Bertz CT molecular complexity index is 674. The third-order valence-corrected chi connectivity index (χ3v) is 3.99. The van der Waals surface area contributed by atoms with E-state index in [4.69, 9.17) is 9.15 Å². The number of furan rings is 1. The van der Waals surface area contributed by atoms with Crippen molar-refractivity contribution in [3.05, 3.63) is 41.1 Å². The first-order chi connectivity index (χ1) is 10.6. The molecule has 0 aromatic carbocycles. The zero-order valence-electron chi connectivity index (χ0n) is 13.1. The zero-order valence-corrected chi connectivity index (χ0v) is 13.1. The minimum atomic E-state index is -0.179. The minimum Gasteiger partial charge on any atom is -0.456 e. The van der Waals surface area contributed by atoms with E-state index in [-0.39, 0.29) is 18.1 Å². The highest BCUT2D eigenvalue weighted by Gasteiger charge is 2.32. The van der Waals surface area contributed by atoms with Gasteiger partial charge in [0.2, 0.25) is 0 Å². The molecule has 1 amide bonds. The van der Waals surface area contributed by atoms with E-state index in [2.05, 4.69) is 10.4 Å². The van der Waals surface area contributed by atoms with E-state index in [0.717, 1.165) is 29.7 Å². The molecule has 2 aromatic heterocycles. The molecule has 2 aromatic rings. The Hall–Kier alpha value is -2.08. The number of rotatable bonds is 4. The lowest BCUT2D eigenvalue weighted by molar-refractivity contribution is 0.0799. The van der Waals surface area contributed by atoms with E-state index in [1.807, 2.05) is 33.2 Å². The standard InChI is InChI=1S/C16H21N3O3/c1-4-12-7-10(2)14(22-12)16(20)18-13-5-6-21-15(13)11-8-17-19(3)9-11/h7-9,13,15H,4-6H2,1-3H3,(H,18,20)/t13-,15+/m0/s1. The van der Waals surface area contributed by atoms with Gasteiger partial charge in [0.1, 0.15) is 11.9 Å². The molecule has 3 heterocycles. The number of carbonyl (C=O) groups excluding carboxylic acids is 1. The summed E-state index contributed by atoms with van der Waals surface area (Å²) in [5, 5.41) is 7.20. The monoisotopic (exact) mass is 303 g/mol. The van der Waals surface area contributed by atoms with Gasteiger partial charge in [-0.3, -0.25) is 9.48 Å². The summed E-state index contributed by atoms with van der Waals surface area (Å²) in [5.74, 6) is 1.05. The highest BCUT2D eigenvalue weighted by atomic mass is 16.5. The van der Waals surface area contributed by atoms with E-state index >= 15 is 0 Å². The van der Waals surface area contributed by atoms with Crippen LogP contribution in [0.2, 0.25) is 0 Å². The second-order valence-corrected chi connectivity index (χ2v) is 5.69. The zero-order chi connectivity index (χ0) is 15.7. The van der Waals surface area contributed by atoms with Gasteiger partial charge >= 0.3 is 0 Å². The number of hydrogen-bond acceptors (Lipinski definition) is 4. The van der Waals surface area contributed by atoms with E-state index < -0.39 is 0 Å². The summed E-state index contributed by atoms with van der Waals surface area (Å²) in [6, 6.07) is 1.85. The van der Waals surface area contributed by atoms with Gasteiger partial charge in [0, 0.05) is 37.4 Å². The van der Waals surface area contributed by atoms with Crippen molar-refractivity contribution >= 4 is 5.91 Å². The smallest absolute Gasteiger partial charge is 0.287 e. The Kier molecular flexibility index (Phi) is 4.02. The van der Waals surface area contributed by atoms with Crippen molar-refractivity contribution in [3.63, 3.8) is 0 Å². The quantitative estimate of drug-likeness (QED) is 0.939. The van der Waals surface area contributed by atoms with Crippen molar-refractivity contribution in [2.45, 2.75) is 38.8 Å². The highest BCUT2D eigenvalue weighted by molar-refractivity contribution is 5.93. The molecule has 0 unspecified atom stereocenters. The third kappa shape index (κ3) is 2.78. The predicted molar refractivity (Wildman–Crippen MR) is 80.6 cm³/mol. The van der Waals surface area contributed by atoms with Gasteiger partial charge in [-0.1, -0.05) is 6.92 Å². The molecule has 1 aliphatic heterocycles. The average Bonchev–Trinajstić information content (AvgIpc) is 3.18. The van der Waals surface area contributed by atoms with Gasteiger partial charge in [0.05, 0.1) is 12.2 Å². The van der Waals surface area contributed by atoms with Gasteiger partial charge in [-0.05, 0) is 19.4 Å². The van der Waals surface area contributed by atoms with Crippen molar-refractivity contribution in [1.82, 2.24) is 15.1 Å². The Morgan fingerprint density at radius 3 is 3.00 bits per heavy atom. The topological polar surface area (TPSA) is 69.3 Å². The van der Waals surface area contributed by atoms with Crippen LogP contribution in [0.5, 0.6) is 0 Å². The van der Waals surface area contributed by atoms with E-state index in [0.29, 0.717) is 12.4 Å². The van der Waals surface area contributed by atoms with Gasteiger partial charge in [-0.2, -0.15) is 5.10 Å². The second-order valence-electron chi connectivity index (χ2n) is 5.69. The van der Waals surface area contributed by atoms with Gasteiger partial charge < -0.3 is 14.5 Å². The minimum absolute atomic E-state index is 0.0636. The fourth-order valence-corrected chi connectivity index (χ4v) is 2.83. The van der Waals surface area contributed by atoms with Gasteiger partial charge in [0.15, 0.2) is 5.76 Å². The largest absolute Gasteiger partial charge is 0.456 e. The van der Waals surface area contributed by atoms with Crippen LogP contribution in [-0.4, -0.2) is 28.3 Å². The van der Waals surface area contributed by atoms with Crippen LogP contribution in [0.1, 0.15) is 46.9 Å². The Balaban J connectivity index is 1.73. The van der Waals surface area contributed by atoms with Crippen molar-refractivity contribution in [2.75, 3.05) is 6.61 Å². The molecule has 0 aliphatic carbocycles. The number of carbonyl (C=O) groups is 1. The predicted octanol–water partition coefficient (Wildman–Crippen LogP) is 2.14. The fourth-order valence-electron chi connectivity index (χ4n) is 2.83. The molecule has 22 heavy (non-hydrogen) atoms. The van der Waals surface area contributed by atoms with Crippen molar-refractivity contribution in [2.24, 2.45) is 7.05 Å². The van der Waals surface area contributed by atoms with Gasteiger partial charge in [0.25, 0.3) is 5.91 Å². The molecule has 1 saturated heterocycles. The first kappa shape index (κ1) is 14.8. The maximum Gasteiger partial charge on any atom is 0.287 e. The third-order valence-electron chi connectivity index (χ3n) is 3.99. The molecule has 2 atom stereocenters. The maximum absolute atomic E-state index is 12.5. The number of nitrogens with zero attached hydrogens (tertiary/aromatic N) is 2. The first-order valence-electron chi connectivity index (χ1n) is 7.58. The summed E-state index contributed by atoms with van der Waals surface area (Å²) in [4.78, 5) is 12.5. The Labute approximate surface area is 129 Å². The molecule has 1 aliphatic rings. The molecule has 1 fully saturated rings. The van der Waals surface area contributed by atoms with Gasteiger partial charge in [-0.25, -0.2) is 0 Å². The fraction of sp³-hybridized carbons (Fsp3) is 0.500. The van der Waals surface area contributed by atoms with Crippen LogP contribution in [0, 0.1) is 6.92 Å². The summed E-state index contributed by atoms with van der Waals surface area (Å²) in [5.41, 5.74) is 1.85. The molecule has 3 rings (SSSR count). The molecule has 6 nitrogen and oxygen atoms in total. The van der Waals surface area contributed by atoms with E-state index in [1.165, 1.54) is 0 Å². The number of aromatic nitrogens is 2. The van der Waals surface area contributed by atoms with Gasteiger partial charge in [-0.15, -0.1) is 0 Å². The van der Waals surface area contributed by atoms with Crippen LogP contribution < -0.4 is 5.32 Å². The number of aryl methyl sites for hydroxylation is 3. The molecule has 0 saturated carbocycles. The van der Waals surface area contributed by atoms with Crippen LogP contribution in [0.4, 0.5) is 0 Å². The van der Waals surface area contributed by atoms with Crippen LogP contribution >= 0.6 is 0 Å². The van der Waals surface area contributed by atoms with Crippen molar-refractivity contribution < 1.29 is 13.9 Å². The summed E-state index contributed by atoms with van der Waals surface area (Å²) in [7, 11) is 1.87. The molecule has 0 radical (unpaired) electrons. The van der Waals surface area contributed by atoms with Crippen LogP contribution in [-0.2, 0) is 18.2 Å². The number of amides is 1. The van der Waals surface area contributed by atoms with E-state index in [9.17, 15) is 4.79 Å². The van der Waals surface area contributed by atoms with Crippen LogP contribution in [0.25, 0.3) is 0 Å². The molecular weight excluding hydrogens is 282 g/mol. The van der Waals surface area contributed by atoms with Crippen LogP contribution in [0.15, 0.2) is 22.9 Å². The molecule has 0 bridgehead atoms. The molecular formula is C16H21N3O3. The molecule has 0 spiro atoms. The summed E-state index contributed by atoms with van der Waals surface area (Å²) >= 11 is 0. The van der Waals surface area contributed by atoms with Crippen molar-refractivity contribution in [3.8, 4) is 0 Å². The normalized spacial score (nSPS) is 21.2. The Morgan fingerprint density at radius 2 is 2.36 bits per heavy atom. The summed E-state index contributed by atoms with van der Waals surface area (Å²) in [6.45, 7) is 4.52. The lowest BCUT2D eigenvalue weighted by Gasteiger charge is -2.18. The molecule has 118 valence electrons. The average molecular weight is 303 g/mol. The van der Waals surface area contributed by atoms with Crippen molar-refractivity contribution in [1.29, 1.82) is 0 Å². The molecule has 6 heteroatoms. The number of ether oxygens (including phenoxy) is 1. The van der Waals surface area contributed by atoms with E-state index in [1.54, 1.807) is 10.9 Å². The first-order valence-corrected chi connectivity index (χ1v) is 7.58. The lowest BCUT2D eigenvalue weighted by Crippen LogP contribution is -2.36. The summed E-state index contributed by atoms with van der Waals surface area (Å²) in [6.07, 6.45) is 5.11. The lowest BCUT2D eigenvalue weighted by atomic mass is 10.1. The second kappa shape index (κ2) is 5.96. The highest BCUT2D eigenvalue weighted by Crippen LogP contribution is 2.29. The summed E-state index contributed by atoms with van der Waals surface area (Å²) < 4.78 is 13.1. The Morgan fingerprint density at radius 1 is 1.55 bits per heavy atom. The molecule has 1 N–H and O–H groups in total.